The molecule has 1 aliphatic heterocycles. The van der Waals surface area contributed by atoms with Crippen LogP contribution in [0.5, 0.6) is 0 Å². The highest BCUT2D eigenvalue weighted by Gasteiger charge is 2.27. The van der Waals surface area contributed by atoms with Gasteiger partial charge in [0.2, 0.25) is 11.8 Å². The Morgan fingerprint density at radius 1 is 1.27 bits per heavy atom. The van der Waals surface area contributed by atoms with Gasteiger partial charge in [0.25, 0.3) is 0 Å². The maximum atomic E-state index is 12.1. The second-order valence-electron chi connectivity index (χ2n) is 6.07. The topological polar surface area (TPSA) is 58.2 Å². The zero-order valence-corrected chi connectivity index (χ0v) is 13.5. The number of benzene rings is 1. The molecule has 2 aliphatic rings. The normalized spacial score (nSPS) is 21.8. The van der Waals surface area contributed by atoms with Gasteiger partial charge in [-0.15, -0.1) is 0 Å². The number of carbonyl (C=O) groups is 2. The highest BCUT2D eigenvalue weighted by atomic mass is 32.2. The van der Waals surface area contributed by atoms with Gasteiger partial charge in [0.05, 0.1) is 0 Å². The highest BCUT2D eigenvalue weighted by molar-refractivity contribution is 7.99. The summed E-state index contributed by atoms with van der Waals surface area (Å²) in [7, 11) is 0. The van der Waals surface area contributed by atoms with Crippen LogP contribution in [0, 0.1) is 0 Å². The first-order chi connectivity index (χ1) is 10.7. The van der Waals surface area contributed by atoms with Gasteiger partial charge in [-0.2, -0.15) is 11.8 Å². The summed E-state index contributed by atoms with van der Waals surface area (Å²) in [6, 6.07) is 7.64. The Hall–Kier alpha value is -1.49. The summed E-state index contributed by atoms with van der Waals surface area (Å²) in [6.07, 6.45) is 6.42. The number of hydrogen-bond acceptors (Lipinski definition) is 3. The smallest absolute Gasteiger partial charge is 0.246 e. The predicted octanol–water partition coefficient (Wildman–Crippen LogP) is 3.08. The number of carbonyl (C=O) groups excluding carboxylic acids is 2. The van der Waals surface area contributed by atoms with Crippen LogP contribution in [0.3, 0.4) is 0 Å². The van der Waals surface area contributed by atoms with E-state index in [0.29, 0.717) is 12.8 Å². The van der Waals surface area contributed by atoms with Crippen molar-refractivity contribution in [2.24, 2.45) is 0 Å². The fourth-order valence-corrected chi connectivity index (χ4v) is 4.32. The van der Waals surface area contributed by atoms with Gasteiger partial charge in [0.15, 0.2) is 0 Å². The molecule has 1 aromatic rings. The Kier molecular flexibility index (Phi) is 5.03. The van der Waals surface area contributed by atoms with Crippen molar-refractivity contribution in [2.45, 2.75) is 55.6 Å². The Labute approximate surface area is 135 Å². The van der Waals surface area contributed by atoms with E-state index in [1.165, 1.54) is 31.2 Å². The molecule has 2 fully saturated rings. The van der Waals surface area contributed by atoms with Crippen LogP contribution >= 0.6 is 11.8 Å². The number of anilines is 1. The van der Waals surface area contributed by atoms with Gasteiger partial charge in [-0.3, -0.25) is 9.59 Å². The van der Waals surface area contributed by atoms with Crippen LogP contribution in [0.2, 0.25) is 0 Å². The van der Waals surface area contributed by atoms with Crippen molar-refractivity contribution in [3.05, 3.63) is 29.8 Å². The fraction of sp³-hybridized carbons (Fsp3) is 0.529. The zero-order valence-electron chi connectivity index (χ0n) is 12.6. The first-order valence-electron chi connectivity index (χ1n) is 8.01. The maximum Gasteiger partial charge on any atom is 0.246 e. The van der Waals surface area contributed by atoms with E-state index in [2.05, 4.69) is 16.7 Å². The Balaban J connectivity index is 1.54. The van der Waals surface area contributed by atoms with Gasteiger partial charge in [-0.25, -0.2) is 0 Å². The molecule has 1 heterocycles. The van der Waals surface area contributed by atoms with Crippen molar-refractivity contribution >= 4 is 29.3 Å². The Bertz CT molecular complexity index is 555. The third-order valence-corrected chi connectivity index (χ3v) is 5.74. The van der Waals surface area contributed by atoms with Crippen LogP contribution in [0.25, 0.3) is 0 Å². The van der Waals surface area contributed by atoms with Crippen LogP contribution in [0.4, 0.5) is 5.69 Å². The predicted molar refractivity (Wildman–Crippen MR) is 89.8 cm³/mol. The molecule has 1 saturated heterocycles. The summed E-state index contributed by atoms with van der Waals surface area (Å²) >= 11 is 2.02. The molecular weight excluding hydrogens is 296 g/mol. The van der Waals surface area contributed by atoms with E-state index in [9.17, 15) is 9.59 Å². The van der Waals surface area contributed by atoms with Crippen molar-refractivity contribution < 1.29 is 9.59 Å². The molecule has 0 aromatic heterocycles. The second-order valence-corrected chi connectivity index (χ2v) is 7.35. The fourth-order valence-electron chi connectivity index (χ4n) is 3.05. The van der Waals surface area contributed by atoms with Gasteiger partial charge in [-0.1, -0.05) is 25.0 Å². The summed E-state index contributed by atoms with van der Waals surface area (Å²) in [5.74, 6) is 0.836. The SMILES string of the molecule is O=C1CC[C@@H](C(=O)Nc2cccc(CSC3CCCC3)c2)N1. The summed E-state index contributed by atoms with van der Waals surface area (Å²) < 4.78 is 0. The van der Waals surface area contributed by atoms with Crippen molar-refractivity contribution in [1.82, 2.24) is 5.32 Å². The van der Waals surface area contributed by atoms with E-state index in [-0.39, 0.29) is 17.9 Å². The van der Waals surface area contributed by atoms with Crippen LogP contribution in [-0.4, -0.2) is 23.1 Å². The van der Waals surface area contributed by atoms with Crippen LogP contribution in [-0.2, 0) is 15.3 Å². The first-order valence-corrected chi connectivity index (χ1v) is 9.06. The minimum atomic E-state index is -0.385. The Morgan fingerprint density at radius 3 is 2.82 bits per heavy atom. The average Bonchev–Trinajstić information content (AvgIpc) is 3.17. The van der Waals surface area contributed by atoms with E-state index >= 15 is 0 Å². The summed E-state index contributed by atoms with van der Waals surface area (Å²) in [5, 5.41) is 6.40. The minimum Gasteiger partial charge on any atom is -0.344 e. The molecule has 1 saturated carbocycles. The van der Waals surface area contributed by atoms with Gasteiger partial charge in [0.1, 0.15) is 6.04 Å². The molecule has 0 bridgehead atoms. The minimum absolute atomic E-state index is 0.0399. The quantitative estimate of drug-likeness (QED) is 0.877. The molecule has 0 spiro atoms. The third kappa shape index (κ3) is 4.03. The molecule has 0 unspecified atom stereocenters. The standard InChI is InChI=1S/C17H22N2O2S/c20-16-9-8-15(19-16)17(21)18-13-5-3-4-12(10-13)11-22-14-6-1-2-7-14/h3-5,10,14-15H,1-2,6-9,11H2,(H,18,21)(H,19,20)/t15-/m0/s1. The lowest BCUT2D eigenvalue weighted by atomic mass is 10.2. The molecule has 22 heavy (non-hydrogen) atoms. The number of hydrogen-bond donors (Lipinski definition) is 2. The molecule has 1 aromatic carbocycles. The molecule has 2 N–H and O–H groups in total. The number of thioether (sulfide) groups is 1. The highest BCUT2D eigenvalue weighted by Crippen LogP contribution is 2.31. The van der Waals surface area contributed by atoms with Crippen molar-refractivity contribution in [3.8, 4) is 0 Å². The largest absolute Gasteiger partial charge is 0.344 e. The van der Waals surface area contributed by atoms with Crippen molar-refractivity contribution in [2.75, 3.05) is 5.32 Å². The monoisotopic (exact) mass is 318 g/mol. The molecule has 5 heteroatoms. The lowest BCUT2D eigenvalue weighted by molar-refractivity contribution is -0.122. The molecule has 118 valence electrons. The van der Waals surface area contributed by atoms with Crippen LogP contribution in [0.15, 0.2) is 24.3 Å². The molecule has 3 rings (SSSR count). The van der Waals surface area contributed by atoms with Crippen molar-refractivity contribution in [3.63, 3.8) is 0 Å². The Morgan fingerprint density at radius 2 is 2.09 bits per heavy atom. The van der Waals surface area contributed by atoms with E-state index in [1.807, 2.05) is 30.0 Å². The van der Waals surface area contributed by atoms with Crippen LogP contribution in [0.1, 0.15) is 44.1 Å². The van der Waals surface area contributed by atoms with Gasteiger partial charge in [0, 0.05) is 23.1 Å². The molecular formula is C17H22N2O2S. The zero-order chi connectivity index (χ0) is 15.4. The number of nitrogens with one attached hydrogen (secondary N) is 2. The van der Waals surface area contributed by atoms with Gasteiger partial charge >= 0.3 is 0 Å². The first kappa shape index (κ1) is 15.4. The van der Waals surface area contributed by atoms with Gasteiger partial charge < -0.3 is 10.6 Å². The average molecular weight is 318 g/mol. The molecule has 1 atom stereocenters. The maximum absolute atomic E-state index is 12.1. The number of amides is 2. The van der Waals surface area contributed by atoms with E-state index in [4.69, 9.17) is 0 Å². The van der Waals surface area contributed by atoms with E-state index in [0.717, 1.165) is 16.7 Å². The molecule has 2 amide bonds. The van der Waals surface area contributed by atoms with Crippen LogP contribution < -0.4 is 10.6 Å². The van der Waals surface area contributed by atoms with E-state index in [1.54, 1.807) is 0 Å². The molecule has 0 radical (unpaired) electrons. The third-order valence-electron chi connectivity index (χ3n) is 4.29. The number of rotatable bonds is 5. The van der Waals surface area contributed by atoms with Crippen molar-refractivity contribution in [1.29, 1.82) is 0 Å². The summed E-state index contributed by atoms with van der Waals surface area (Å²) in [4.78, 5) is 23.3. The van der Waals surface area contributed by atoms with Gasteiger partial charge in [-0.05, 0) is 37.0 Å². The van der Waals surface area contributed by atoms with E-state index < -0.39 is 0 Å². The lowest BCUT2D eigenvalue weighted by Gasteiger charge is -2.13. The molecule has 1 aliphatic carbocycles. The lowest BCUT2D eigenvalue weighted by Crippen LogP contribution is -2.37. The summed E-state index contributed by atoms with van der Waals surface area (Å²) in [5.41, 5.74) is 2.06. The second kappa shape index (κ2) is 7.18. The molecule has 4 nitrogen and oxygen atoms in total. The summed E-state index contributed by atoms with van der Waals surface area (Å²) in [6.45, 7) is 0.